The molecule has 0 saturated heterocycles. The highest BCUT2D eigenvalue weighted by atomic mass is 79.9. The van der Waals surface area contributed by atoms with Crippen LogP contribution in [-0.4, -0.2) is 31.1 Å². The molecule has 33 heavy (non-hydrogen) atoms. The monoisotopic (exact) mass is 531 g/mol. The predicted octanol–water partition coefficient (Wildman–Crippen LogP) is 5.35. The van der Waals surface area contributed by atoms with E-state index in [9.17, 15) is 14.7 Å². The number of aromatic hydroxyl groups is 1. The van der Waals surface area contributed by atoms with Crippen molar-refractivity contribution in [3.63, 3.8) is 0 Å². The molecule has 8 heteroatoms. The fraction of sp³-hybridized carbons (Fsp3) is 0.280. The molecule has 2 atom stereocenters. The minimum Gasteiger partial charge on any atom is -0.503 e. The lowest BCUT2D eigenvalue weighted by molar-refractivity contribution is -0.136. The molecule has 6 nitrogen and oxygen atoms in total. The number of esters is 1. The molecule has 1 aliphatic heterocycles. The molecule has 1 heterocycles. The maximum atomic E-state index is 13.5. The van der Waals surface area contributed by atoms with Gasteiger partial charge in [0.1, 0.15) is 0 Å². The van der Waals surface area contributed by atoms with Gasteiger partial charge in [0, 0.05) is 34.3 Å². The van der Waals surface area contributed by atoms with Crippen molar-refractivity contribution in [1.82, 2.24) is 5.32 Å². The highest BCUT2D eigenvalue weighted by Gasteiger charge is 2.41. The van der Waals surface area contributed by atoms with E-state index in [4.69, 9.17) is 21.1 Å². The first-order chi connectivity index (χ1) is 15.7. The number of nitrogens with one attached hydrogen (secondary N) is 1. The van der Waals surface area contributed by atoms with Gasteiger partial charge >= 0.3 is 5.97 Å². The molecule has 0 saturated carbocycles. The van der Waals surface area contributed by atoms with Crippen LogP contribution in [0.1, 0.15) is 42.7 Å². The lowest BCUT2D eigenvalue weighted by Crippen LogP contribution is -2.36. The summed E-state index contributed by atoms with van der Waals surface area (Å²) in [5.41, 5.74) is 3.97. The molecule has 0 fully saturated rings. The molecule has 2 N–H and O–H groups in total. The van der Waals surface area contributed by atoms with Crippen LogP contribution in [0.25, 0.3) is 0 Å². The fourth-order valence-corrected chi connectivity index (χ4v) is 5.23. The van der Waals surface area contributed by atoms with Gasteiger partial charge in [-0.3, -0.25) is 4.79 Å². The van der Waals surface area contributed by atoms with Gasteiger partial charge in [0.15, 0.2) is 17.3 Å². The van der Waals surface area contributed by atoms with Crippen LogP contribution in [0.4, 0.5) is 0 Å². The Labute approximate surface area is 205 Å². The number of hydrogen-bond acceptors (Lipinski definition) is 6. The zero-order chi connectivity index (χ0) is 23.9. The van der Waals surface area contributed by atoms with Crippen LogP contribution in [0.2, 0.25) is 5.02 Å². The van der Waals surface area contributed by atoms with Crippen molar-refractivity contribution in [3.8, 4) is 11.5 Å². The summed E-state index contributed by atoms with van der Waals surface area (Å²) in [5, 5.41) is 14.2. The van der Waals surface area contributed by atoms with Gasteiger partial charge in [0.05, 0.1) is 24.3 Å². The Morgan fingerprint density at radius 1 is 1.15 bits per heavy atom. The van der Waals surface area contributed by atoms with Gasteiger partial charge in [-0.05, 0) is 70.6 Å². The topological polar surface area (TPSA) is 84.9 Å². The first kappa shape index (κ1) is 23.4. The van der Waals surface area contributed by atoms with Crippen molar-refractivity contribution in [2.45, 2.75) is 31.6 Å². The van der Waals surface area contributed by atoms with Crippen LogP contribution in [0.3, 0.4) is 0 Å². The molecule has 172 valence electrons. The van der Waals surface area contributed by atoms with Crippen molar-refractivity contribution >= 4 is 39.3 Å². The van der Waals surface area contributed by atoms with Crippen LogP contribution >= 0.6 is 27.5 Å². The number of methoxy groups -OCH3 is 2. The van der Waals surface area contributed by atoms with E-state index in [1.807, 2.05) is 24.3 Å². The third kappa shape index (κ3) is 4.27. The Morgan fingerprint density at radius 2 is 1.85 bits per heavy atom. The molecule has 0 bridgehead atoms. The van der Waals surface area contributed by atoms with Gasteiger partial charge in [-0.1, -0.05) is 23.7 Å². The van der Waals surface area contributed by atoms with E-state index in [0.29, 0.717) is 44.7 Å². The first-order valence-corrected chi connectivity index (χ1v) is 11.6. The van der Waals surface area contributed by atoms with E-state index in [2.05, 4.69) is 21.2 Å². The lowest BCUT2D eigenvalue weighted by atomic mass is 9.71. The summed E-state index contributed by atoms with van der Waals surface area (Å²) in [6.45, 7) is 1.80. The highest BCUT2D eigenvalue weighted by Crippen LogP contribution is 2.48. The zero-order valence-corrected chi connectivity index (χ0v) is 20.7. The summed E-state index contributed by atoms with van der Waals surface area (Å²) >= 11 is 9.39. The molecule has 2 unspecified atom stereocenters. The summed E-state index contributed by atoms with van der Waals surface area (Å²) in [6, 6.07) is 10.9. The predicted molar refractivity (Wildman–Crippen MR) is 128 cm³/mol. The number of Topliss-reactive ketones (excluding diaryl/α,β-unsaturated/α-hetero) is 1. The Kier molecular flexibility index (Phi) is 6.54. The number of carbonyl (C=O) groups is 2. The van der Waals surface area contributed by atoms with Crippen molar-refractivity contribution in [3.05, 3.63) is 79.6 Å². The van der Waals surface area contributed by atoms with Crippen LogP contribution in [0.15, 0.2) is 63.4 Å². The molecule has 2 aromatic carbocycles. The van der Waals surface area contributed by atoms with Crippen molar-refractivity contribution < 1.29 is 24.2 Å². The number of ketones is 1. The minimum absolute atomic E-state index is 0.00441. The summed E-state index contributed by atoms with van der Waals surface area (Å²) in [7, 11) is 2.76. The Hall–Kier alpha value is -2.77. The second-order valence-corrected chi connectivity index (χ2v) is 9.40. The maximum absolute atomic E-state index is 13.5. The van der Waals surface area contributed by atoms with Gasteiger partial charge in [-0.15, -0.1) is 0 Å². The summed E-state index contributed by atoms with van der Waals surface area (Å²) in [6.07, 6.45) is 0.921. The highest BCUT2D eigenvalue weighted by molar-refractivity contribution is 9.10. The van der Waals surface area contributed by atoms with Crippen molar-refractivity contribution in [2.75, 3.05) is 14.2 Å². The molecule has 4 rings (SSSR count). The van der Waals surface area contributed by atoms with Gasteiger partial charge in [0.2, 0.25) is 0 Å². The van der Waals surface area contributed by atoms with Gasteiger partial charge < -0.3 is 19.9 Å². The maximum Gasteiger partial charge on any atom is 0.336 e. The molecule has 2 aliphatic rings. The van der Waals surface area contributed by atoms with E-state index in [1.165, 1.54) is 14.2 Å². The van der Waals surface area contributed by atoms with Crippen LogP contribution in [-0.2, 0) is 14.3 Å². The SMILES string of the molecule is COC(=O)C1=C(C)NC2=C(C(=O)CC(c3ccc(Cl)cc3)C2)C1c1cc(Br)c(O)c(OC)c1. The third-order valence-corrected chi connectivity index (χ3v) is 7.03. The number of dihydropyridines is 1. The largest absolute Gasteiger partial charge is 0.503 e. The van der Waals surface area contributed by atoms with E-state index in [0.717, 1.165) is 11.3 Å². The number of carbonyl (C=O) groups excluding carboxylic acids is 2. The standard InChI is InChI=1S/C25H23BrClNO5/c1-12-21(25(31)33-3)22(15-8-17(26)24(30)20(11-15)32-2)23-18(28-12)9-14(10-19(23)29)13-4-6-16(27)7-5-13/h4-8,11,14,22,28,30H,9-10H2,1-3H3. The smallest absolute Gasteiger partial charge is 0.336 e. The van der Waals surface area contributed by atoms with Gasteiger partial charge in [-0.25, -0.2) is 4.79 Å². The third-order valence-electron chi connectivity index (χ3n) is 6.18. The van der Waals surface area contributed by atoms with Crippen molar-refractivity contribution in [1.29, 1.82) is 0 Å². The number of hydrogen-bond donors (Lipinski definition) is 2. The Balaban J connectivity index is 1.85. The molecule has 0 spiro atoms. The summed E-state index contributed by atoms with van der Waals surface area (Å²) < 4.78 is 10.8. The van der Waals surface area contributed by atoms with Crippen LogP contribution in [0.5, 0.6) is 11.5 Å². The number of halogens is 2. The minimum atomic E-state index is -0.654. The molecule has 0 radical (unpaired) electrons. The van der Waals surface area contributed by atoms with E-state index < -0.39 is 11.9 Å². The number of ether oxygens (including phenoxy) is 2. The average molecular weight is 533 g/mol. The van der Waals surface area contributed by atoms with Gasteiger partial charge in [-0.2, -0.15) is 0 Å². The lowest BCUT2D eigenvalue weighted by Gasteiger charge is -2.36. The molecule has 1 aliphatic carbocycles. The number of rotatable bonds is 4. The van der Waals surface area contributed by atoms with Gasteiger partial charge in [0.25, 0.3) is 0 Å². The summed E-state index contributed by atoms with van der Waals surface area (Å²) in [5.74, 6) is -1.04. The van der Waals surface area contributed by atoms with Crippen LogP contribution < -0.4 is 10.1 Å². The first-order valence-electron chi connectivity index (χ1n) is 10.4. The Bertz CT molecular complexity index is 1200. The van der Waals surface area contributed by atoms with E-state index in [-0.39, 0.29) is 23.2 Å². The molecular weight excluding hydrogens is 510 g/mol. The second-order valence-electron chi connectivity index (χ2n) is 8.11. The second kappa shape index (κ2) is 9.23. The number of benzene rings is 2. The van der Waals surface area contributed by atoms with E-state index in [1.54, 1.807) is 19.1 Å². The average Bonchev–Trinajstić information content (AvgIpc) is 2.79. The molecule has 2 aromatic rings. The molecule has 0 amide bonds. The normalized spacial score (nSPS) is 20.3. The fourth-order valence-electron chi connectivity index (χ4n) is 4.64. The summed E-state index contributed by atoms with van der Waals surface area (Å²) in [4.78, 5) is 26.3. The van der Waals surface area contributed by atoms with Crippen LogP contribution in [0, 0.1) is 0 Å². The zero-order valence-electron chi connectivity index (χ0n) is 18.4. The molecular formula is C25H23BrClNO5. The number of phenols is 1. The quantitative estimate of drug-likeness (QED) is 0.516. The number of allylic oxidation sites excluding steroid dienone is 3. The molecule has 0 aromatic heterocycles. The van der Waals surface area contributed by atoms with Crippen molar-refractivity contribution in [2.24, 2.45) is 0 Å². The van der Waals surface area contributed by atoms with E-state index >= 15 is 0 Å². The number of phenolic OH excluding ortho intramolecular Hbond substituents is 1. The Morgan fingerprint density at radius 3 is 2.48 bits per heavy atom.